The van der Waals surface area contributed by atoms with Gasteiger partial charge in [-0.05, 0) is 25.2 Å². The lowest BCUT2D eigenvalue weighted by atomic mass is 9.99. The second kappa shape index (κ2) is 2.75. The Morgan fingerprint density at radius 1 is 1.40 bits per heavy atom. The molecular formula is C9H15N. The Kier molecular flexibility index (Phi) is 1.76. The average molecular weight is 137 g/mol. The van der Waals surface area contributed by atoms with E-state index in [4.69, 9.17) is 0 Å². The summed E-state index contributed by atoms with van der Waals surface area (Å²) in [5, 5.41) is 3.42. The maximum absolute atomic E-state index is 3.42. The predicted octanol–water partition coefficient (Wildman–Crippen LogP) is 1.71. The van der Waals surface area contributed by atoms with E-state index in [1.165, 1.54) is 38.8 Å². The minimum absolute atomic E-state index is 0.905. The lowest BCUT2D eigenvalue weighted by Crippen LogP contribution is -2.08. The van der Waals surface area contributed by atoms with Gasteiger partial charge in [0.25, 0.3) is 0 Å². The molecule has 0 bridgehead atoms. The molecular weight excluding hydrogens is 122 g/mol. The van der Waals surface area contributed by atoms with Crippen LogP contribution in [-0.4, -0.2) is 13.1 Å². The van der Waals surface area contributed by atoms with Crippen molar-refractivity contribution in [2.24, 2.45) is 5.92 Å². The summed E-state index contributed by atoms with van der Waals surface area (Å²) >= 11 is 0. The molecule has 1 fully saturated rings. The van der Waals surface area contributed by atoms with Gasteiger partial charge in [0, 0.05) is 13.1 Å². The molecule has 1 aliphatic heterocycles. The van der Waals surface area contributed by atoms with Crippen molar-refractivity contribution >= 4 is 0 Å². The highest BCUT2D eigenvalue weighted by atomic mass is 14.9. The molecule has 0 aromatic carbocycles. The first kappa shape index (κ1) is 6.41. The van der Waals surface area contributed by atoms with Crippen molar-refractivity contribution in [3.63, 3.8) is 0 Å². The maximum atomic E-state index is 3.42. The van der Waals surface area contributed by atoms with Gasteiger partial charge < -0.3 is 5.32 Å². The Hall–Kier alpha value is -0.300. The molecule has 0 radical (unpaired) electrons. The van der Waals surface area contributed by atoms with Crippen LogP contribution in [-0.2, 0) is 0 Å². The molecule has 1 nitrogen and oxygen atoms in total. The van der Waals surface area contributed by atoms with E-state index in [1.807, 2.05) is 0 Å². The molecule has 1 unspecified atom stereocenters. The zero-order chi connectivity index (χ0) is 6.81. The summed E-state index contributed by atoms with van der Waals surface area (Å²) in [5.74, 6) is 0.905. The van der Waals surface area contributed by atoms with Crippen molar-refractivity contribution in [2.45, 2.75) is 25.7 Å². The Bertz CT molecular complexity index is 149. The number of hydrogen-bond donors (Lipinski definition) is 1. The van der Waals surface area contributed by atoms with E-state index in [2.05, 4.69) is 11.4 Å². The van der Waals surface area contributed by atoms with Crippen LogP contribution < -0.4 is 5.32 Å². The number of allylic oxidation sites excluding steroid dienone is 1. The van der Waals surface area contributed by atoms with Gasteiger partial charge in [-0.3, -0.25) is 0 Å². The second-order valence-electron chi connectivity index (χ2n) is 3.39. The molecule has 0 saturated carbocycles. The van der Waals surface area contributed by atoms with Crippen LogP contribution in [0.2, 0.25) is 0 Å². The first-order chi connectivity index (χ1) is 4.97. The monoisotopic (exact) mass is 137 g/mol. The smallest absolute Gasteiger partial charge is 0.0168 e. The van der Waals surface area contributed by atoms with Gasteiger partial charge in [-0.25, -0.2) is 0 Å². The van der Waals surface area contributed by atoms with E-state index in [9.17, 15) is 0 Å². The summed E-state index contributed by atoms with van der Waals surface area (Å²) < 4.78 is 0. The Morgan fingerprint density at radius 2 is 2.40 bits per heavy atom. The van der Waals surface area contributed by atoms with Crippen LogP contribution in [0.1, 0.15) is 25.7 Å². The summed E-state index contributed by atoms with van der Waals surface area (Å²) in [6.45, 7) is 2.41. The molecule has 56 valence electrons. The fourth-order valence-corrected chi connectivity index (χ4v) is 2.01. The normalized spacial score (nSPS) is 32.8. The maximum Gasteiger partial charge on any atom is 0.0168 e. The van der Waals surface area contributed by atoms with E-state index >= 15 is 0 Å². The molecule has 10 heavy (non-hydrogen) atoms. The average Bonchev–Trinajstić information content (AvgIpc) is 2.28. The molecule has 0 amide bonds. The first-order valence-electron chi connectivity index (χ1n) is 4.36. The van der Waals surface area contributed by atoms with Crippen LogP contribution in [0.4, 0.5) is 0 Å². The summed E-state index contributed by atoms with van der Waals surface area (Å²) in [6, 6.07) is 0. The van der Waals surface area contributed by atoms with Gasteiger partial charge in [-0.2, -0.15) is 0 Å². The Balaban J connectivity index is 2.10. The Labute approximate surface area is 62.5 Å². The Morgan fingerprint density at radius 3 is 3.40 bits per heavy atom. The topological polar surface area (TPSA) is 12.0 Å². The largest absolute Gasteiger partial charge is 0.312 e. The number of rotatable bonds is 0. The van der Waals surface area contributed by atoms with Gasteiger partial charge in [0.05, 0.1) is 0 Å². The van der Waals surface area contributed by atoms with Crippen LogP contribution in [0, 0.1) is 5.92 Å². The van der Waals surface area contributed by atoms with Crippen LogP contribution in [0.3, 0.4) is 0 Å². The third-order valence-corrected chi connectivity index (χ3v) is 2.66. The summed E-state index contributed by atoms with van der Waals surface area (Å²) in [5.41, 5.74) is 1.69. The number of nitrogens with one attached hydrogen (secondary N) is 1. The zero-order valence-corrected chi connectivity index (χ0v) is 6.40. The minimum atomic E-state index is 0.905. The molecule has 1 aliphatic carbocycles. The van der Waals surface area contributed by atoms with Gasteiger partial charge in [0.1, 0.15) is 0 Å². The molecule has 1 N–H and O–H groups in total. The van der Waals surface area contributed by atoms with Gasteiger partial charge in [-0.1, -0.05) is 18.1 Å². The summed E-state index contributed by atoms with van der Waals surface area (Å²) in [6.07, 6.45) is 8.07. The fraction of sp³-hybridized carbons (Fsp3) is 0.778. The van der Waals surface area contributed by atoms with Gasteiger partial charge in [0.2, 0.25) is 0 Å². The number of fused-ring (bicyclic) bond motifs is 1. The van der Waals surface area contributed by atoms with Crippen molar-refractivity contribution in [3.8, 4) is 0 Å². The van der Waals surface area contributed by atoms with Crippen molar-refractivity contribution in [3.05, 3.63) is 11.6 Å². The molecule has 0 aromatic rings. The zero-order valence-electron chi connectivity index (χ0n) is 6.40. The third kappa shape index (κ3) is 1.10. The van der Waals surface area contributed by atoms with Crippen molar-refractivity contribution in [1.29, 1.82) is 0 Å². The minimum Gasteiger partial charge on any atom is -0.312 e. The van der Waals surface area contributed by atoms with E-state index in [1.54, 1.807) is 5.57 Å². The third-order valence-electron chi connectivity index (χ3n) is 2.66. The lowest BCUT2D eigenvalue weighted by molar-refractivity contribution is 0.566. The van der Waals surface area contributed by atoms with Crippen LogP contribution in [0.5, 0.6) is 0 Å². The summed E-state index contributed by atoms with van der Waals surface area (Å²) in [7, 11) is 0. The highest BCUT2D eigenvalue weighted by Gasteiger charge is 2.20. The molecule has 1 heterocycles. The first-order valence-corrected chi connectivity index (χ1v) is 4.36. The van der Waals surface area contributed by atoms with E-state index in [0.29, 0.717) is 0 Å². The van der Waals surface area contributed by atoms with E-state index in [0.717, 1.165) is 5.92 Å². The molecule has 2 rings (SSSR count). The highest BCUT2D eigenvalue weighted by molar-refractivity contribution is 5.14. The van der Waals surface area contributed by atoms with Crippen molar-refractivity contribution in [2.75, 3.05) is 13.1 Å². The fourth-order valence-electron chi connectivity index (χ4n) is 2.01. The van der Waals surface area contributed by atoms with Gasteiger partial charge in [0.15, 0.2) is 0 Å². The second-order valence-corrected chi connectivity index (χ2v) is 3.39. The summed E-state index contributed by atoms with van der Waals surface area (Å²) in [4.78, 5) is 0. The van der Waals surface area contributed by atoms with Crippen LogP contribution in [0.15, 0.2) is 11.6 Å². The molecule has 1 atom stereocenters. The SMILES string of the molecule is C1=C2CNCC2CCCC1. The molecule has 1 saturated heterocycles. The lowest BCUT2D eigenvalue weighted by Gasteiger charge is -2.05. The van der Waals surface area contributed by atoms with Crippen molar-refractivity contribution < 1.29 is 0 Å². The van der Waals surface area contributed by atoms with Crippen LogP contribution in [0.25, 0.3) is 0 Å². The molecule has 1 heteroatoms. The van der Waals surface area contributed by atoms with E-state index < -0.39 is 0 Å². The highest BCUT2D eigenvalue weighted by Crippen LogP contribution is 2.25. The predicted molar refractivity (Wildman–Crippen MR) is 42.9 cm³/mol. The quantitative estimate of drug-likeness (QED) is 0.501. The van der Waals surface area contributed by atoms with Crippen LogP contribution >= 0.6 is 0 Å². The van der Waals surface area contributed by atoms with E-state index in [-0.39, 0.29) is 0 Å². The molecule has 0 spiro atoms. The van der Waals surface area contributed by atoms with Gasteiger partial charge in [-0.15, -0.1) is 0 Å². The van der Waals surface area contributed by atoms with Crippen molar-refractivity contribution in [1.82, 2.24) is 5.32 Å². The molecule has 2 aliphatic rings. The van der Waals surface area contributed by atoms with Gasteiger partial charge >= 0.3 is 0 Å². The molecule has 0 aromatic heterocycles. The number of hydrogen-bond acceptors (Lipinski definition) is 1. The standard InChI is InChI=1S/C9H15N/c1-2-4-8-6-10-7-9(8)5-3-1/h4,9-10H,1-3,5-7H2.